The van der Waals surface area contributed by atoms with Crippen LogP contribution in [0.3, 0.4) is 0 Å². The van der Waals surface area contributed by atoms with E-state index in [0.29, 0.717) is 6.42 Å². The van der Waals surface area contributed by atoms with Crippen molar-refractivity contribution < 1.29 is 4.42 Å². The minimum absolute atomic E-state index is 0.281. The predicted octanol–water partition coefficient (Wildman–Crippen LogP) is 4.71. The fraction of sp³-hybridized carbons (Fsp3) is 0.429. The number of alkyl halides is 3. The summed E-state index contributed by atoms with van der Waals surface area (Å²) in [5.74, 6) is 0. The molecule has 0 amide bonds. The zero-order valence-electron chi connectivity index (χ0n) is 10.6. The Kier molecular flexibility index (Phi) is 5.02. The second-order valence-electron chi connectivity index (χ2n) is 4.64. The highest BCUT2D eigenvalue weighted by Crippen LogP contribution is 2.32. The lowest BCUT2D eigenvalue weighted by Crippen LogP contribution is -2.28. The normalized spacial score (nSPS) is 13.9. The third kappa shape index (κ3) is 4.57. The van der Waals surface area contributed by atoms with Gasteiger partial charge in [-0.05, 0) is 44.0 Å². The van der Waals surface area contributed by atoms with Gasteiger partial charge in [0.05, 0.1) is 6.26 Å². The molecule has 2 rings (SSSR count). The Morgan fingerprint density at radius 1 is 1.26 bits per heavy atom. The van der Waals surface area contributed by atoms with Crippen molar-refractivity contribution in [2.24, 2.45) is 0 Å². The molecule has 0 fully saturated rings. The van der Waals surface area contributed by atoms with Gasteiger partial charge in [0.25, 0.3) is 0 Å². The molecule has 1 aromatic heterocycles. The second-order valence-corrected chi connectivity index (χ2v) is 7.15. The first-order valence-corrected chi connectivity index (χ1v) is 7.31. The Morgan fingerprint density at radius 2 is 2.05 bits per heavy atom. The van der Waals surface area contributed by atoms with E-state index in [1.54, 1.807) is 6.26 Å². The molecule has 0 aliphatic rings. The van der Waals surface area contributed by atoms with E-state index in [4.69, 9.17) is 39.2 Å². The minimum Gasteiger partial charge on any atom is -0.464 e. The van der Waals surface area contributed by atoms with Crippen molar-refractivity contribution in [3.8, 4) is 0 Å². The first kappa shape index (κ1) is 15.0. The Hall–Kier alpha value is -0.410. The Bertz CT molecular complexity index is 533. The highest BCUT2D eigenvalue weighted by atomic mass is 35.6. The SMILES string of the molecule is CNC(CCC(Cl)(Cl)Cl)Cc1ccc2ccoc2c1. The van der Waals surface area contributed by atoms with Gasteiger partial charge in [-0.2, -0.15) is 0 Å². The zero-order valence-corrected chi connectivity index (χ0v) is 12.9. The van der Waals surface area contributed by atoms with Crippen molar-refractivity contribution in [2.75, 3.05) is 7.05 Å². The van der Waals surface area contributed by atoms with Crippen molar-refractivity contribution >= 4 is 45.8 Å². The quantitative estimate of drug-likeness (QED) is 0.807. The third-order valence-corrected chi connectivity index (χ3v) is 3.75. The lowest BCUT2D eigenvalue weighted by atomic mass is 10.0. The molecule has 1 N–H and O–H groups in total. The molecular weight excluding hydrogens is 305 g/mol. The van der Waals surface area contributed by atoms with Crippen LogP contribution in [0.25, 0.3) is 11.0 Å². The molecule has 2 aromatic rings. The summed E-state index contributed by atoms with van der Waals surface area (Å²) in [5.41, 5.74) is 2.12. The van der Waals surface area contributed by atoms with Crippen LogP contribution in [0.1, 0.15) is 18.4 Å². The van der Waals surface area contributed by atoms with E-state index < -0.39 is 3.79 Å². The predicted molar refractivity (Wildman–Crippen MR) is 82.3 cm³/mol. The smallest absolute Gasteiger partial charge is 0.190 e. The minimum atomic E-state index is -1.18. The Morgan fingerprint density at radius 3 is 2.74 bits per heavy atom. The number of hydrogen-bond donors (Lipinski definition) is 1. The topological polar surface area (TPSA) is 25.2 Å². The average Bonchev–Trinajstić information content (AvgIpc) is 2.80. The van der Waals surface area contributed by atoms with E-state index in [9.17, 15) is 0 Å². The molecule has 0 saturated heterocycles. The molecule has 0 bridgehead atoms. The largest absolute Gasteiger partial charge is 0.464 e. The summed E-state index contributed by atoms with van der Waals surface area (Å²) < 4.78 is 4.22. The van der Waals surface area contributed by atoms with Gasteiger partial charge in [-0.25, -0.2) is 0 Å². The van der Waals surface area contributed by atoms with Crippen LogP contribution in [0.5, 0.6) is 0 Å². The second kappa shape index (κ2) is 6.36. The van der Waals surface area contributed by atoms with Crippen LogP contribution < -0.4 is 5.32 Å². The summed E-state index contributed by atoms with van der Waals surface area (Å²) in [6.45, 7) is 0. The molecule has 1 unspecified atom stereocenters. The van der Waals surface area contributed by atoms with E-state index >= 15 is 0 Å². The lowest BCUT2D eigenvalue weighted by Gasteiger charge is -2.19. The number of likely N-dealkylation sites (N-methyl/N-ethyl adjacent to an activating group) is 1. The average molecular weight is 321 g/mol. The number of halogens is 3. The number of benzene rings is 1. The number of rotatable bonds is 5. The van der Waals surface area contributed by atoms with Gasteiger partial charge in [-0.1, -0.05) is 46.9 Å². The first-order chi connectivity index (χ1) is 8.98. The molecule has 0 radical (unpaired) electrons. The van der Waals surface area contributed by atoms with E-state index in [1.807, 2.05) is 13.1 Å². The van der Waals surface area contributed by atoms with Crippen molar-refractivity contribution in [1.29, 1.82) is 0 Å². The Balaban J connectivity index is 2.00. The molecule has 1 aromatic carbocycles. The van der Waals surface area contributed by atoms with Gasteiger partial charge in [0.1, 0.15) is 5.58 Å². The van der Waals surface area contributed by atoms with E-state index in [1.165, 1.54) is 5.56 Å². The lowest BCUT2D eigenvalue weighted by molar-refractivity contribution is 0.505. The van der Waals surface area contributed by atoms with E-state index in [0.717, 1.165) is 23.8 Å². The van der Waals surface area contributed by atoms with Gasteiger partial charge in [0.15, 0.2) is 3.79 Å². The van der Waals surface area contributed by atoms with Gasteiger partial charge in [0, 0.05) is 11.4 Å². The van der Waals surface area contributed by atoms with Crippen molar-refractivity contribution in [3.63, 3.8) is 0 Å². The maximum absolute atomic E-state index is 5.79. The standard InChI is InChI=1S/C14H16Cl3NO/c1-18-12(4-6-14(15,16)17)8-10-2-3-11-5-7-19-13(11)9-10/h2-3,5,7,9,12,18H,4,6,8H2,1H3. The molecule has 0 aliphatic heterocycles. The highest BCUT2D eigenvalue weighted by molar-refractivity contribution is 6.67. The summed E-state index contributed by atoms with van der Waals surface area (Å²) in [5, 5.41) is 4.38. The Labute approximate surface area is 128 Å². The molecule has 104 valence electrons. The van der Waals surface area contributed by atoms with Gasteiger partial charge >= 0.3 is 0 Å². The monoisotopic (exact) mass is 319 g/mol. The molecule has 5 heteroatoms. The molecule has 0 spiro atoms. The van der Waals surface area contributed by atoms with Crippen LogP contribution in [-0.2, 0) is 6.42 Å². The molecule has 2 nitrogen and oxygen atoms in total. The van der Waals surface area contributed by atoms with Gasteiger partial charge < -0.3 is 9.73 Å². The molecule has 0 aliphatic carbocycles. The van der Waals surface area contributed by atoms with Crippen LogP contribution >= 0.6 is 34.8 Å². The number of nitrogens with one attached hydrogen (secondary N) is 1. The van der Waals surface area contributed by atoms with Crippen molar-refractivity contribution in [3.05, 3.63) is 36.1 Å². The van der Waals surface area contributed by atoms with Crippen LogP contribution in [0, 0.1) is 0 Å². The van der Waals surface area contributed by atoms with Gasteiger partial charge in [0.2, 0.25) is 0 Å². The fourth-order valence-electron chi connectivity index (χ4n) is 2.10. The van der Waals surface area contributed by atoms with Gasteiger partial charge in [-0.15, -0.1) is 0 Å². The highest BCUT2D eigenvalue weighted by Gasteiger charge is 2.21. The third-order valence-electron chi connectivity index (χ3n) is 3.19. The maximum atomic E-state index is 5.79. The van der Waals surface area contributed by atoms with Crippen LogP contribution in [0.4, 0.5) is 0 Å². The van der Waals surface area contributed by atoms with Crippen LogP contribution in [-0.4, -0.2) is 16.9 Å². The molecule has 1 atom stereocenters. The molecular formula is C14H16Cl3NO. The molecule has 0 saturated carbocycles. The molecule has 19 heavy (non-hydrogen) atoms. The van der Waals surface area contributed by atoms with Gasteiger partial charge in [-0.3, -0.25) is 0 Å². The fourth-order valence-corrected chi connectivity index (χ4v) is 2.42. The summed E-state index contributed by atoms with van der Waals surface area (Å²) in [7, 11) is 1.93. The molecule has 1 heterocycles. The van der Waals surface area contributed by atoms with Crippen LogP contribution in [0.2, 0.25) is 0 Å². The number of furan rings is 1. The van der Waals surface area contributed by atoms with Crippen LogP contribution in [0.15, 0.2) is 34.9 Å². The van der Waals surface area contributed by atoms with E-state index in [2.05, 4.69) is 23.5 Å². The summed E-state index contributed by atoms with van der Waals surface area (Å²) in [6.07, 6.45) is 3.93. The summed E-state index contributed by atoms with van der Waals surface area (Å²) in [4.78, 5) is 0. The zero-order chi connectivity index (χ0) is 13.9. The first-order valence-electron chi connectivity index (χ1n) is 6.18. The maximum Gasteiger partial charge on any atom is 0.190 e. The van der Waals surface area contributed by atoms with Crippen molar-refractivity contribution in [1.82, 2.24) is 5.32 Å². The number of fused-ring (bicyclic) bond motifs is 1. The van der Waals surface area contributed by atoms with Crippen molar-refractivity contribution in [2.45, 2.75) is 29.1 Å². The van der Waals surface area contributed by atoms with E-state index in [-0.39, 0.29) is 6.04 Å². The summed E-state index contributed by atoms with van der Waals surface area (Å²) >= 11 is 17.4. The number of hydrogen-bond acceptors (Lipinski definition) is 2. The summed E-state index contributed by atoms with van der Waals surface area (Å²) in [6, 6.07) is 8.47.